The normalized spacial score (nSPS) is 42.7. The Morgan fingerprint density at radius 3 is 2.32 bits per heavy atom. The highest BCUT2D eigenvalue weighted by Crippen LogP contribution is 2.68. The molecule has 0 radical (unpaired) electrons. The van der Waals surface area contributed by atoms with E-state index >= 15 is 0 Å². The van der Waals surface area contributed by atoms with E-state index in [1.54, 1.807) is 44.9 Å². The molecule has 4 saturated carbocycles. The van der Waals surface area contributed by atoms with Crippen molar-refractivity contribution >= 4 is 0 Å². The third-order valence-electron chi connectivity index (χ3n) is 12.6. The maximum Gasteiger partial charge on any atom is -0.0264 e. The number of allylic oxidation sites excluding steroid dienone is 1. The molecule has 34 heavy (non-hydrogen) atoms. The number of hydrogen-bond donors (Lipinski definition) is 0. The highest BCUT2D eigenvalue weighted by atomic mass is 14.6. The summed E-state index contributed by atoms with van der Waals surface area (Å²) in [5, 5.41) is 0. The third kappa shape index (κ3) is 5.23. The van der Waals surface area contributed by atoms with Crippen molar-refractivity contribution in [2.45, 2.75) is 144 Å². The van der Waals surface area contributed by atoms with Gasteiger partial charge in [0.1, 0.15) is 0 Å². The summed E-state index contributed by atoms with van der Waals surface area (Å²) in [5.41, 5.74) is 2.78. The molecule has 9 unspecified atom stereocenters. The maximum absolute atomic E-state index is 4.25. The van der Waals surface area contributed by atoms with Gasteiger partial charge < -0.3 is 0 Å². The highest BCUT2D eigenvalue weighted by molar-refractivity contribution is 5.09. The molecule has 4 aliphatic carbocycles. The summed E-state index contributed by atoms with van der Waals surface area (Å²) in [7, 11) is 0. The van der Waals surface area contributed by atoms with Crippen molar-refractivity contribution in [3.05, 3.63) is 12.2 Å². The molecule has 0 nitrogen and oxygen atoms in total. The van der Waals surface area contributed by atoms with Gasteiger partial charge >= 0.3 is 0 Å². The predicted octanol–water partition coefficient (Wildman–Crippen LogP) is 10.9. The van der Waals surface area contributed by atoms with E-state index in [9.17, 15) is 0 Å². The molecule has 4 fully saturated rings. The monoisotopic (exact) mass is 468 g/mol. The van der Waals surface area contributed by atoms with Gasteiger partial charge in [-0.3, -0.25) is 0 Å². The second-order valence-electron chi connectivity index (χ2n) is 14.8. The van der Waals surface area contributed by atoms with Crippen LogP contribution in [0.5, 0.6) is 0 Å². The van der Waals surface area contributed by atoms with Crippen LogP contribution in [0.1, 0.15) is 144 Å². The largest absolute Gasteiger partial charge is 0.0999 e. The Hall–Kier alpha value is -0.260. The minimum atomic E-state index is 0.653. The van der Waals surface area contributed by atoms with Crippen molar-refractivity contribution in [3.8, 4) is 0 Å². The van der Waals surface area contributed by atoms with Crippen LogP contribution in [-0.2, 0) is 0 Å². The van der Waals surface area contributed by atoms with Gasteiger partial charge in [0.05, 0.1) is 0 Å². The summed E-state index contributed by atoms with van der Waals surface area (Å²) in [6.07, 6.45) is 23.6. The summed E-state index contributed by atoms with van der Waals surface area (Å²) in [6, 6.07) is 0. The molecule has 0 aromatic rings. The molecule has 9 atom stereocenters. The van der Waals surface area contributed by atoms with E-state index in [-0.39, 0.29) is 0 Å². The Balaban J connectivity index is 1.36. The zero-order valence-electron chi connectivity index (χ0n) is 24.1. The molecule has 0 aromatic carbocycles. The molecule has 4 rings (SSSR count). The van der Waals surface area contributed by atoms with Gasteiger partial charge in [0.15, 0.2) is 0 Å². The van der Waals surface area contributed by atoms with Crippen LogP contribution >= 0.6 is 0 Å². The fourth-order valence-corrected chi connectivity index (χ4v) is 10.5. The van der Waals surface area contributed by atoms with Crippen LogP contribution in [0.4, 0.5) is 0 Å². The van der Waals surface area contributed by atoms with Gasteiger partial charge in [-0.1, -0.05) is 79.4 Å². The molecule has 0 spiro atoms. The molecule has 0 N–H and O–H groups in total. The van der Waals surface area contributed by atoms with Crippen molar-refractivity contribution in [1.82, 2.24) is 0 Å². The van der Waals surface area contributed by atoms with Gasteiger partial charge in [-0.2, -0.15) is 0 Å². The van der Waals surface area contributed by atoms with E-state index < -0.39 is 0 Å². The third-order valence-corrected chi connectivity index (χ3v) is 12.6. The van der Waals surface area contributed by atoms with E-state index in [0.717, 1.165) is 47.3 Å². The number of hydrogen-bond acceptors (Lipinski definition) is 0. The number of fused-ring (bicyclic) bond motifs is 5. The number of rotatable bonds is 10. The summed E-state index contributed by atoms with van der Waals surface area (Å²) >= 11 is 0. The quantitative estimate of drug-likeness (QED) is 0.280. The molecule has 196 valence electrons. The molecule has 0 amide bonds. The van der Waals surface area contributed by atoms with Gasteiger partial charge in [-0.05, 0) is 135 Å². The molecular weight excluding hydrogens is 408 g/mol. The Morgan fingerprint density at radius 1 is 0.853 bits per heavy atom. The smallest absolute Gasteiger partial charge is 0.0264 e. The standard InChI is InChI=1S/C34H60/c1-8-25(4)12-10-14-27-19-21-33(6)28(23-27)15-16-29-31-18-17-30(26(5)13-9-11-24(2)3)34(31,7)22-20-32(29)33/h24,26-32H,4,8-23H2,1-3,5-7H3. The molecule has 4 aliphatic rings. The van der Waals surface area contributed by atoms with Crippen molar-refractivity contribution in [2.75, 3.05) is 0 Å². The van der Waals surface area contributed by atoms with E-state index in [4.69, 9.17) is 0 Å². The lowest BCUT2D eigenvalue weighted by Gasteiger charge is -2.61. The van der Waals surface area contributed by atoms with Crippen molar-refractivity contribution in [2.24, 2.45) is 58.2 Å². The first kappa shape index (κ1) is 26.8. The van der Waals surface area contributed by atoms with Crippen LogP contribution in [-0.4, -0.2) is 0 Å². The first-order valence-corrected chi connectivity index (χ1v) is 15.9. The molecule has 0 aliphatic heterocycles. The summed E-state index contributed by atoms with van der Waals surface area (Å²) in [4.78, 5) is 0. The minimum Gasteiger partial charge on any atom is -0.0999 e. The molecule has 0 bridgehead atoms. The Morgan fingerprint density at radius 2 is 1.59 bits per heavy atom. The van der Waals surface area contributed by atoms with Gasteiger partial charge in [-0.15, -0.1) is 0 Å². The summed E-state index contributed by atoms with van der Waals surface area (Å²) in [6.45, 7) is 19.5. The van der Waals surface area contributed by atoms with E-state index in [2.05, 4.69) is 48.1 Å². The van der Waals surface area contributed by atoms with E-state index in [1.165, 1.54) is 63.4 Å². The zero-order chi connectivity index (χ0) is 24.5. The second-order valence-corrected chi connectivity index (χ2v) is 14.8. The lowest BCUT2D eigenvalue weighted by Crippen LogP contribution is -2.53. The average molecular weight is 469 g/mol. The van der Waals surface area contributed by atoms with Crippen LogP contribution in [0.2, 0.25) is 0 Å². The van der Waals surface area contributed by atoms with Crippen molar-refractivity contribution < 1.29 is 0 Å². The molecular formula is C34H60. The van der Waals surface area contributed by atoms with Crippen LogP contribution < -0.4 is 0 Å². The van der Waals surface area contributed by atoms with Crippen LogP contribution in [0.15, 0.2) is 12.2 Å². The van der Waals surface area contributed by atoms with Gasteiger partial charge in [-0.25, -0.2) is 0 Å². The van der Waals surface area contributed by atoms with E-state index in [0.29, 0.717) is 10.8 Å². The summed E-state index contributed by atoms with van der Waals surface area (Å²) < 4.78 is 0. The molecule has 0 heterocycles. The maximum atomic E-state index is 4.25. The van der Waals surface area contributed by atoms with Crippen LogP contribution in [0.25, 0.3) is 0 Å². The Bertz CT molecular complexity index is 674. The average Bonchev–Trinajstić information content (AvgIpc) is 3.16. The Labute approximate surface area is 214 Å². The minimum absolute atomic E-state index is 0.653. The fourth-order valence-electron chi connectivity index (χ4n) is 10.5. The fraction of sp³-hybridized carbons (Fsp3) is 0.941. The lowest BCUT2D eigenvalue weighted by atomic mass is 9.44. The molecule has 0 aromatic heterocycles. The van der Waals surface area contributed by atoms with Gasteiger partial charge in [0, 0.05) is 0 Å². The topological polar surface area (TPSA) is 0 Å². The molecule has 0 saturated heterocycles. The highest BCUT2D eigenvalue weighted by Gasteiger charge is 2.60. The van der Waals surface area contributed by atoms with Crippen molar-refractivity contribution in [1.29, 1.82) is 0 Å². The molecule has 0 heteroatoms. The van der Waals surface area contributed by atoms with Gasteiger partial charge in [0.25, 0.3) is 0 Å². The van der Waals surface area contributed by atoms with Crippen LogP contribution in [0, 0.1) is 58.2 Å². The SMILES string of the molecule is C=C(CC)CCCC1CCC2(C)C(CCC3C2CCC2(C)C(C(C)CCCC(C)C)CCC32)C1. The Kier molecular flexibility index (Phi) is 8.67. The first-order chi connectivity index (χ1) is 16.2. The lowest BCUT2D eigenvalue weighted by molar-refractivity contribution is -0.121. The van der Waals surface area contributed by atoms with E-state index in [1.807, 2.05) is 0 Å². The van der Waals surface area contributed by atoms with Crippen molar-refractivity contribution in [3.63, 3.8) is 0 Å². The predicted molar refractivity (Wildman–Crippen MR) is 150 cm³/mol. The zero-order valence-corrected chi connectivity index (χ0v) is 24.1. The van der Waals surface area contributed by atoms with Gasteiger partial charge in [0.2, 0.25) is 0 Å². The summed E-state index contributed by atoms with van der Waals surface area (Å²) in [5.74, 6) is 7.99. The van der Waals surface area contributed by atoms with Crippen LogP contribution in [0.3, 0.4) is 0 Å². The first-order valence-electron chi connectivity index (χ1n) is 15.9. The second kappa shape index (κ2) is 11.0.